The van der Waals surface area contributed by atoms with Gasteiger partial charge in [0.1, 0.15) is 5.82 Å². The molecule has 0 saturated carbocycles. The van der Waals surface area contributed by atoms with Crippen molar-refractivity contribution in [2.24, 2.45) is 0 Å². The van der Waals surface area contributed by atoms with Crippen molar-refractivity contribution in [1.82, 2.24) is 10.2 Å². The Balaban J connectivity index is 1.94. The van der Waals surface area contributed by atoms with Crippen LogP contribution in [0.1, 0.15) is 16.7 Å². The van der Waals surface area contributed by atoms with Gasteiger partial charge >= 0.3 is 0 Å². The Morgan fingerprint density at radius 2 is 1.82 bits per heavy atom. The maximum atomic E-state index is 13.1. The molecule has 2 aromatic carbocycles. The van der Waals surface area contributed by atoms with E-state index in [4.69, 9.17) is 0 Å². The fourth-order valence-electron chi connectivity index (χ4n) is 2.31. The minimum absolute atomic E-state index is 0.106. The van der Waals surface area contributed by atoms with Crippen LogP contribution >= 0.6 is 0 Å². The number of halogens is 1. The van der Waals surface area contributed by atoms with Crippen molar-refractivity contribution in [1.29, 1.82) is 0 Å². The Morgan fingerprint density at radius 3 is 2.50 bits per heavy atom. The van der Waals surface area contributed by atoms with Gasteiger partial charge in [-0.3, -0.25) is 4.79 Å². The largest absolute Gasteiger partial charge is 0.352 e. The smallest absolute Gasteiger partial charge is 0.224 e. The first-order valence-electron chi connectivity index (χ1n) is 7.27. The highest BCUT2D eigenvalue weighted by molar-refractivity contribution is 5.78. The van der Waals surface area contributed by atoms with Gasteiger partial charge in [-0.05, 0) is 42.9 Å². The molecule has 0 saturated heterocycles. The summed E-state index contributed by atoms with van der Waals surface area (Å²) in [4.78, 5) is 14.1. The summed E-state index contributed by atoms with van der Waals surface area (Å²) in [6.07, 6.45) is 0.188. The van der Waals surface area contributed by atoms with Gasteiger partial charge in [0.2, 0.25) is 5.91 Å². The van der Waals surface area contributed by atoms with E-state index < -0.39 is 0 Å². The van der Waals surface area contributed by atoms with Gasteiger partial charge in [0.25, 0.3) is 0 Å². The highest BCUT2D eigenvalue weighted by Crippen LogP contribution is 2.10. The molecule has 22 heavy (non-hydrogen) atoms. The van der Waals surface area contributed by atoms with Crippen LogP contribution < -0.4 is 5.32 Å². The highest BCUT2D eigenvalue weighted by Gasteiger charge is 2.07. The summed E-state index contributed by atoms with van der Waals surface area (Å²) in [5.74, 6) is -0.424. The Labute approximate surface area is 130 Å². The molecule has 0 radical (unpaired) electrons. The molecular formula is C18H21FN2O. The monoisotopic (exact) mass is 300 g/mol. The molecule has 1 N–H and O–H groups in total. The van der Waals surface area contributed by atoms with Crippen LogP contribution in [0, 0.1) is 5.82 Å². The van der Waals surface area contributed by atoms with Crippen LogP contribution in [-0.2, 0) is 24.3 Å². The molecule has 0 aliphatic heterocycles. The summed E-state index contributed by atoms with van der Waals surface area (Å²) in [6.45, 7) is 1.31. The molecule has 0 aliphatic carbocycles. The third kappa shape index (κ3) is 4.97. The number of nitrogens with zero attached hydrogens (tertiary/aromatic N) is 1. The zero-order chi connectivity index (χ0) is 15.9. The molecule has 116 valence electrons. The van der Waals surface area contributed by atoms with Crippen LogP contribution in [-0.4, -0.2) is 24.9 Å². The molecule has 2 aromatic rings. The zero-order valence-corrected chi connectivity index (χ0v) is 13.0. The van der Waals surface area contributed by atoms with Crippen LogP contribution in [0.3, 0.4) is 0 Å². The highest BCUT2D eigenvalue weighted by atomic mass is 19.1. The molecule has 1 amide bonds. The minimum atomic E-state index is -0.318. The van der Waals surface area contributed by atoms with Crippen LogP contribution in [0.15, 0.2) is 48.5 Å². The number of benzene rings is 2. The average molecular weight is 300 g/mol. The van der Waals surface area contributed by atoms with Crippen LogP contribution in [0.25, 0.3) is 0 Å². The van der Waals surface area contributed by atoms with E-state index in [1.54, 1.807) is 12.1 Å². The SMILES string of the molecule is CN(C)Cc1ccccc1CNC(=O)Cc1cccc(F)c1. The Hall–Kier alpha value is -2.20. The summed E-state index contributed by atoms with van der Waals surface area (Å²) in [6, 6.07) is 14.2. The van der Waals surface area contributed by atoms with Gasteiger partial charge in [-0.25, -0.2) is 4.39 Å². The Bertz CT molecular complexity index is 640. The topological polar surface area (TPSA) is 32.3 Å². The quantitative estimate of drug-likeness (QED) is 0.889. The molecular weight excluding hydrogens is 279 g/mol. The number of hydrogen-bond acceptors (Lipinski definition) is 2. The van der Waals surface area contributed by atoms with Gasteiger partial charge in [-0.2, -0.15) is 0 Å². The Kier molecular flexibility index (Phi) is 5.67. The maximum Gasteiger partial charge on any atom is 0.224 e. The van der Waals surface area contributed by atoms with E-state index in [9.17, 15) is 9.18 Å². The lowest BCUT2D eigenvalue weighted by atomic mass is 10.1. The number of carbonyl (C=O) groups is 1. The normalized spacial score (nSPS) is 10.7. The molecule has 0 spiro atoms. The molecule has 0 aliphatic rings. The van der Waals surface area contributed by atoms with E-state index in [-0.39, 0.29) is 18.1 Å². The lowest BCUT2D eigenvalue weighted by molar-refractivity contribution is -0.120. The van der Waals surface area contributed by atoms with Crippen LogP contribution in [0.5, 0.6) is 0 Å². The predicted molar refractivity (Wildman–Crippen MR) is 85.8 cm³/mol. The van der Waals surface area contributed by atoms with Crippen LogP contribution in [0.4, 0.5) is 4.39 Å². The minimum Gasteiger partial charge on any atom is -0.352 e. The third-order valence-electron chi connectivity index (χ3n) is 3.33. The van der Waals surface area contributed by atoms with E-state index in [0.717, 1.165) is 12.1 Å². The second-order valence-electron chi connectivity index (χ2n) is 5.59. The number of rotatable bonds is 6. The fourth-order valence-corrected chi connectivity index (χ4v) is 2.31. The van der Waals surface area contributed by atoms with Gasteiger partial charge in [0.05, 0.1) is 6.42 Å². The second kappa shape index (κ2) is 7.71. The van der Waals surface area contributed by atoms with Gasteiger partial charge in [0, 0.05) is 13.1 Å². The number of nitrogens with one attached hydrogen (secondary N) is 1. The lowest BCUT2D eigenvalue weighted by Gasteiger charge is -2.14. The summed E-state index contributed by atoms with van der Waals surface area (Å²) in [5, 5.41) is 2.90. The standard InChI is InChI=1S/C18H21FN2O/c1-21(2)13-16-8-4-3-7-15(16)12-20-18(22)11-14-6-5-9-17(19)10-14/h3-10H,11-13H2,1-2H3,(H,20,22). The second-order valence-corrected chi connectivity index (χ2v) is 5.59. The average Bonchev–Trinajstić information content (AvgIpc) is 2.46. The lowest BCUT2D eigenvalue weighted by Crippen LogP contribution is -2.25. The van der Waals surface area contributed by atoms with Crippen molar-refractivity contribution in [2.75, 3.05) is 14.1 Å². The van der Waals surface area contributed by atoms with Gasteiger partial charge in [-0.15, -0.1) is 0 Å². The molecule has 3 nitrogen and oxygen atoms in total. The first-order valence-corrected chi connectivity index (χ1v) is 7.27. The molecule has 0 unspecified atom stereocenters. The summed E-state index contributed by atoms with van der Waals surface area (Å²) in [5.41, 5.74) is 2.97. The van der Waals surface area contributed by atoms with Gasteiger partial charge in [-0.1, -0.05) is 36.4 Å². The zero-order valence-electron chi connectivity index (χ0n) is 13.0. The van der Waals surface area contributed by atoms with Crippen molar-refractivity contribution in [3.8, 4) is 0 Å². The van der Waals surface area contributed by atoms with E-state index in [0.29, 0.717) is 12.1 Å². The van der Waals surface area contributed by atoms with Crippen molar-refractivity contribution in [3.05, 3.63) is 71.0 Å². The molecule has 0 bridgehead atoms. The first kappa shape index (κ1) is 16.2. The molecule has 2 rings (SSSR count). The van der Waals surface area contributed by atoms with Crippen molar-refractivity contribution < 1.29 is 9.18 Å². The number of amides is 1. The van der Waals surface area contributed by atoms with Crippen LogP contribution in [0.2, 0.25) is 0 Å². The Morgan fingerprint density at radius 1 is 1.09 bits per heavy atom. The number of hydrogen-bond donors (Lipinski definition) is 1. The first-order chi connectivity index (χ1) is 10.5. The van der Waals surface area contributed by atoms with E-state index in [1.807, 2.05) is 32.3 Å². The van der Waals surface area contributed by atoms with E-state index in [2.05, 4.69) is 16.3 Å². The predicted octanol–water partition coefficient (Wildman–Crippen LogP) is 2.75. The molecule has 0 aromatic heterocycles. The summed E-state index contributed by atoms with van der Waals surface area (Å²) >= 11 is 0. The summed E-state index contributed by atoms with van der Waals surface area (Å²) < 4.78 is 13.1. The molecule has 0 atom stereocenters. The van der Waals surface area contributed by atoms with E-state index in [1.165, 1.54) is 17.7 Å². The molecule has 4 heteroatoms. The third-order valence-corrected chi connectivity index (χ3v) is 3.33. The number of carbonyl (C=O) groups excluding carboxylic acids is 1. The van der Waals surface area contributed by atoms with Crippen molar-refractivity contribution in [2.45, 2.75) is 19.5 Å². The van der Waals surface area contributed by atoms with Crippen molar-refractivity contribution >= 4 is 5.91 Å². The molecule has 0 fully saturated rings. The fraction of sp³-hybridized carbons (Fsp3) is 0.278. The molecule has 0 heterocycles. The van der Waals surface area contributed by atoms with Gasteiger partial charge in [0.15, 0.2) is 0 Å². The maximum absolute atomic E-state index is 13.1. The van der Waals surface area contributed by atoms with E-state index >= 15 is 0 Å². The summed E-state index contributed by atoms with van der Waals surface area (Å²) in [7, 11) is 4.03. The van der Waals surface area contributed by atoms with Gasteiger partial charge < -0.3 is 10.2 Å². The van der Waals surface area contributed by atoms with Crippen molar-refractivity contribution in [3.63, 3.8) is 0 Å².